The fraction of sp³-hybridized carbons (Fsp3) is 0.143. The van der Waals surface area contributed by atoms with Gasteiger partial charge in [0.15, 0.2) is 44.3 Å². The second-order valence-electron chi connectivity index (χ2n) is 5.32. The third-order valence-electron chi connectivity index (χ3n) is 3.66. The van der Waals surface area contributed by atoms with Gasteiger partial charge in [-0.1, -0.05) is 11.8 Å². The minimum atomic E-state index is -5.05. The van der Waals surface area contributed by atoms with Crippen LogP contribution < -0.4 is 14.2 Å². The van der Waals surface area contributed by atoms with Gasteiger partial charge in [-0.2, -0.15) is 16.8 Å². The van der Waals surface area contributed by atoms with E-state index in [9.17, 15) is 36.2 Å². The zero-order chi connectivity index (χ0) is 21.0. The van der Waals surface area contributed by atoms with Gasteiger partial charge in [0, 0.05) is 12.1 Å². The molecule has 1 heterocycles. The summed E-state index contributed by atoms with van der Waals surface area (Å²) in [4.78, 5) is -2.08. The van der Waals surface area contributed by atoms with E-state index < -0.39 is 53.0 Å². The van der Waals surface area contributed by atoms with Crippen LogP contribution in [0.3, 0.4) is 0 Å². The first-order chi connectivity index (χ1) is 12.9. The van der Waals surface area contributed by atoms with E-state index in [0.29, 0.717) is 0 Å². The Kier molecular flexibility index (Phi) is 4.79. The maximum atomic E-state index is 11.8. The van der Waals surface area contributed by atoms with Crippen LogP contribution in [0.1, 0.15) is 0 Å². The number of hydrogen-bond acceptors (Lipinski definition) is 10. The van der Waals surface area contributed by atoms with Gasteiger partial charge in [0.1, 0.15) is 0 Å². The van der Waals surface area contributed by atoms with Crippen molar-refractivity contribution in [3.63, 3.8) is 0 Å². The van der Waals surface area contributed by atoms with Crippen molar-refractivity contribution in [2.75, 3.05) is 14.2 Å². The highest BCUT2D eigenvalue weighted by molar-refractivity contribution is 7.99. The molecule has 0 atom stereocenters. The van der Waals surface area contributed by atoms with Gasteiger partial charge in [0.2, 0.25) is 0 Å². The molecule has 0 radical (unpaired) electrons. The summed E-state index contributed by atoms with van der Waals surface area (Å²) in [5, 5.41) is 20.2. The van der Waals surface area contributed by atoms with Crippen LogP contribution in [0.4, 0.5) is 0 Å². The van der Waals surface area contributed by atoms with Crippen molar-refractivity contribution in [2.24, 2.45) is 0 Å². The van der Waals surface area contributed by atoms with Gasteiger partial charge in [-0.05, 0) is 0 Å². The summed E-state index contributed by atoms with van der Waals surface area (Å²) < 4.78 is 81.1. The lowest BCUT2D eigenvalue weighted by Crippen LogP contribution is -2.10. The van der Waals surface area contributed by atoms with Gasteiger partial charge in [-0.3, -0.25) is 9.11 Å². The lowest BCUT2D eigenvalue weighted by Gasteiger charge is -2.25. The molecule has 28 heavy (non-hydrogen) atoms. The first-order valence-corrected chi connectivity index (χ1v) is 10.8. The monoisotopic (exact) mass is 452 g/mol. The molecule has 2 aromatic carbocycles. The lowest BCUT2D eigenvalue weighted by molar-refractivity contribution is 0.339. The number of ether oxygens (including phenoxy) is 3. The van der Waals surface area contributed by atoms with E-state index >= 15 is 0 Å². The van der Waals surface area contributed by atoms with E-state index in [1.807, 2.05) is 0 Å². The van der Waals surface area contributed by atoms with Crippen molar-refractivity contribution < 1.29 is 50.4 Å². The standard InChI is InChI=1S/C14H12O11S3/c1-23-5-3-7-11(13(9(5)15)27(17,18)19)25-12-8(26-7)4-6(24-2)10(16)14(12)28(20,21)22/h3-4,15-16H,1-2H3,(H,17,18,19)(H,20,21,22). The molecule has 0 bridgehead atoms. The molecule has 1 aliphatic rings. The van der Waals surface area contributed by atoms with Gasteiger partial charge < -0.3 is 24.4 Å². The summed E-state index contributed by atoms with van der Waals surface area (Å²) in [6.07, 6.45) is 0. The molecule has 14 heteroatoms. The molecule has 1 aliphatic heterocycles. The molecule has 0 saturated heterocycles. The molecule has 0 amide bonds. The van der Waals surface area contributed by atoms with Crippen LogP contribution in [-0.4, -0.2) is 50.4 Å². The normalized spacial score (nSPS) is 13.3. The first-order valence-electron chi connectivity index (χ1n) is 7.08. The number of aromatic hydroxyl groups is 2. The van der Waals surface area contributed by atoms with Gasteiger partial charge in [0.05, 0.1) is 24.0 Å². The second-order valence-corrected chi connectivity index (χ2v) is 9.12. The first kappa shape index (κ1) is 20.3. The van der Waals surface area contributed by atoms with E-state index in [4.69, 9.17) is 14.2 Å². The summed E-state index contributed by atoms with van der Waals surface area (Å²) in [5.41, 5.74) is 0. The number of rotatable bonds is 4. The Bertz CT molecular complexity index is 1110. The van der Waals surface area contributed by atoms with Crippen LogP contribution in [0.15, 0.2) is 31.7 Å². The molecule has 4 N–H and O–H groups in total. The minimum Gasteiger partial charge on any atom is -0.503 e. The number of fused-ring (bicyclic) bond motifs is 2. The summed E-state index contributed by atoms with van der Waals surface area (Å²) in [5.74, 6) is -3.78. The van der Waals surface area contributed by atoms with Gasteiger partial charge in [0.25, 0.3) is 0 Å². The largest absolute Gasteiger partial charge is 0.503 e. The number of hydrogen-bond donors (Lipinski definition) is 4. The van der Waals surface area contributed by atoms with Crippen molar-refractivity contribution >= 4 is 32.0 Å². The van der Waals surface area contributed by atoms with Crippen LogP contribution in [-0.2, 0) is 20.2 Å². The molecule has 152 valence electrons. The van der Waals surface area contributed by atoms with Gasteiger partial charge in [-0.15, -0.1) is 0 Å². The minimum absolute atomic E-state index is 0.0313. The van der Waals surface area contributed by atoms with Crippen molar-refractivity contribution in [1.29, 1.82) is 0 Å². The Labute approximate surface area is 163 Å². The lowest BCUT2D eigenvalue weighted by atomic mass is 10.2. The number of methoxy groups -OCH3 is 2. The zero-order valence-corrected chi connectivity index (χ0v) is 16.5. The van der Waals surface area contributed by atoms with Crippen LogP contribution in [0.5, 0.6) is 34.5 Å². The zero-order valence-electron chi connectivity index (χ0n) is 14.0. The van der Waals surface area contributed by atoms with Crippen molar-refractivity contribution in [3.05, 3.63) is 12.1 Å². The molecule has 0 aromatic heterocycles. The predicted molar refractivity (Wildman–Crippen MR) is 93.1 cm³/mol. The summed E-state index contributed by atoms with van der Waals surface area (Å²) in [7, 11) is -7.80. The number of benzene rings is 2. The van der Waals surface area contributed by atoms with E-state index in [1.54, 1.807) is 0 Å². The average Bonchev–Trinajstić information content (AvgIpc) is 2.56. The summed E-state index contributed by atoms with van der Waals surface area (Å²) in [6.45, 7) is 0. The molecular weight excluding hydrogens is 440 g/mol. The van der Waals surface area contributed by atoms with E-state index in [2.05, 4.69) is 0 Å². The van der Waals surface area contributed by atoms with Crippen LogP contribution in [0, 0.1) is 0 Å². The third-order valence-corrected chi connectivity index (χ3v) is 6.50. The Balaban J connectivity index is 2.39. The molecule has 0 unspecified atom stereocenters. The molecule has 0 spiro atoms. The molecule has 3 rings (SSSR count). The quantitative estimate of drug-likeness (QED) is 0.423. The van der Waals surface area contributed by atoms with Crippen molar-refractivity contribution in [2.45, 2.75) is 19.6 Å². The van der Waals surface area contributed by atoms with Gasteiger partial charge >= 0.3 is 20.2 Å². The van der Waals surface area contributed by atoms with Gasteiger partial charge in [-0.25, -0.2) is 0 Å². The third kappa shape index (κ3) is 3.18. The van der Waals surface area contributed by atoms with E-state index in [-0.39, 0.29) is 21.3 Å². The molecule has 0 saturated carbocycles. The highest BCUT2D eigenvalue weighted by atomic mass is 32.2. The smallest absolute Gasteiger partial charge is 0.302 e. The maximum absolute atomic E-state index is 11.8. The Morgan fingerprint density at radius 2 is 1.18 bits per heavy atom. The maximum Gasteiger partial charge on any atom is 0.302 e. The Hall–Kier alpha value is -2.39. The van der Waals surface area contributed by atoms with Crippen LogP contribution in [0.25, 0.3) is 0 Å². The fourth-order valence-electron chi connectivity index (χ4n) is 2.52. The average molecular weight is 452 g/mol. The van der Waals surface area contributed by atoms with Crippen molar-refractivity contribution in [1.82, 2.24) is 0 Å². The van der Waals surface area contributed by atoms with Crippen LogP contribution >= 0.6 is 11.8 Å². The fourth-order valence-corrected chi connectivity index (χ4v) is 5.16. The predicted octanol–water partition coefficient (Wildman–Crippen LogP) is 1.87. The highest BCUT2D eigenvalue weighted by Gasteiger charge is 2.37. The molecule has 2 aromatic rings. The molecule has 11 nitrogen and oxygen atoms in total. The number of phenolic OH excluding ortho intramolecular Hbond substituents is 2. The topological polar surface area (TPSA) is 177 Å². The molecule has 0 fully saturated rings. The SMILES string of the molecule is COc1cc2c(c(S(=O)(=O)O)c1O)Oc1c(cc(OC)c(O)c1S(=O)(=O)O)S2. The summed E-state index contributed by atoms with van der Waals surface area (Å²) in [6, 6.07) is 2.39. The Morgan fingerprint density at radius 1 is 0.821 bits per heavy atom. The Morgan fingerprint density at radius 3 is 1.46 bits per heavy atom. The second kappa shape index (κ2) is 6.59. The van der Waals surface area contributed by atoms with Crippen LogP contribution in [0.2, 0.25) is 0 Å². The number of phenols is 2. The van der Waals surface area contributed by atoms with Crippen molar-refractivity contribution in [3.8, 4) is 34.5 Å². The van der Waals surface area contributed by atoms with E-state index in [0.717, 1.165) is 26.0 Å². The summed E-state index contributed by atoms with van der Waals surface area (Å²) >= 11 is 0.761. The molecule has 0 aliphatic carbocycles. The highest BCUT2D eigenvalue weighted by Crippen LogP contribution is 2.58. The van der Waals surface area contributed by atoms with E-state index in [1.165, 1.54) is 12.1 Å². The molecular formula is C14H12O11S3.